The molecule has 0 radical (unpaired) electrons. The number of rotatable bonds is 7. The first kappa shape index (κ1) is 47.1. The monoisotopic (exact) mass is 1030 g/mol. The molecule has 7 N–H and O–H groups in total. The summed E-state index contributed by atoms with van der Waals surface area (Å²) in [6, 6.07) is 14.8. The molecule has 0 saturated carbocycles. The lowest BCUT2D eigenvalue weighted by molar-refractivity contribution is 0.0605. The average molecular weight is 1040 g/mol. The first-order valence-electron chi connectivity index (χ1n) is 19.5. The summed E-state index contributed by atoms with van der Waals surface area (Å²) in [5.74, 6) is 0.603. The third-order valence-electron chi connectivity index (χ3n) is 10.1. The van der Waals surface area contributed by atoms with Gasteiger partial charge in [0, 0.05) is 82.7 Å². The van der Waals surface area contributed by atoms with Crippen molar-refractivity contribution in [3.63, 3.8) is 0 Å². The summed E-state index contributed by atoms with van der Waals surface area (Å²) in [6.45, 7) is 5.87. The van der Waals surface area contributed by atoms with E-state index < -0.39 is 10.0 Å². The Morgan fingerprint density at radius 2 is 1.34 bits per heavy atom. The van der Waals surface area contributed by atoms with Crippen LogP contribution in [0.1, 0.15) is 67.9 Å². The van der Waals surface area contributed by atoms with Crippen LogP contribution in [-0.4, -0.2) is 72.1 Å². The zero-order valence-electron chi connectivity index (χ0n) is 35.1. The predicted molar refractivity (Wildman–Crippen MR) is 259 cm³/mol. The average Bonchev–Trinajstić information content (AvgIpc) is 4.18. The van der Waals surface area contributed by atoms with Crippen LogP contribution in [0.5, 0.6) is 0 Å². The van der Waals surface area contributed by atoms with E-state index in [1.54, 1.807) is 25.4 Å². The van der Waals surface area contributed by atoms with Crippen molar-refractivity contribution in [1.29, 1.82) is 0 Å². The fraction of sp³-hybridized carbons (Fsp3) is 0.186. The molecule has 3 amide bonds. The highest BCUT2D eigenvalue weighted by Crippen LogP contribution is 2.39. The van der Waals surface area contributed by atoms with Gasteiger partial charge in [0.2, 0.25) is 10.0 Å². The maximum atomic E-state index is 12.4. The molecule has 0 spiro atoms. The number of hydrogen-bond donors (Lipinski definition) is 5. The summed E-state index contributed by atoms with van der Waals surface area (Å²) >= 11 is 9.11. The van der Waals surface area contributed by atoms with Gasteiger partial charge in [0.1, 0.15) is 21.4 Å². The highest BCUT2D eigenvalue weighted by atomic mass is 79.9. The maximum absolute atomic E-state index is 12.4. The van der Waals surface area contributed by atoms with Gasteiger partial charge in [-0.25, -0.2) is 27.5 Å². The number of nitrogens with zero attached hydrogens (tertiary/aromatic N) is 4. The molecule has 0 fully saturated rings. The molecule has 3 aliphatic heterocycles. The fourth-order valence-electron chi connectivity index (χ4n) is 6.40. The number of carbonyl (C=O) groups is 4. The Morgan fingerprint density at radius 3 is 1.86 bits per heavy atom. The van der Waals surface area contributed by atoms with Crippen LogP contribution in [0.3, 0.4) is 0 Å². The molecule has 65 heavy (non-hydrogen) atoms. The van der Waals surface area contributed by atoms with Crippen molar-refractivity contribution in [1.82, 2.24) is 35.2 Å². The van der Waals surface area contributed by atoms with Gasteiger partial charge in [-0.2, -0.15) is 0 Å². The Morgan fingerprint density at radius 1 is 0.769 bits per heavy atom. The number of methoxy groups -OCH3 is 1. The van der Waals surface area contributed by atoms with E-state index in [1.807, 2.05) is 54.1 Å². The lowest BCUT2D eigenvalue weighted by Gasteiger charge is -2.14. The summed E-state index contributed by atoms with van der Waals surface area (Å²) in [6.07, 6.45) is 4.60. The number of carbonyl (C=O) groups excluding carboxylic acids is 4. The van der Waals surface area contributed by atoms with Gasteiger partial charge in [0.05, 0.1) is 27.4 Å². The zero-order chi connectivity index (χ0) is 46.6. The summed E-state index contributed by atoms with van der Waals surface area (Å²) in [7, 11) is -0.634. The number of halogens is 1. The number of anilines is 2. The molecule has 0 saturated heterocycles. The van der Waals surface area contributed by atoms with Crippen LogP contribution in [-0.2, 0) is 34.4 Å². The van der Waals surface area contributed by atoms with E-state index in [0.29, 0.717) is 52.3 Å². The molecule has 22 heteroatoms. The number of fused-ring (bicyclic) bond motifs is 3. The molecule has 336 valence electrons. The molecule has 10 heterocycles. The Bertz CT molecular complexity index is 3050. The minimum Gasteiger partial charge on any atom is -0.465 e. The molecule has 10 rings (SSSR count). The third-order valence-corrected chi connectivity index (χ3v) is 16.8. The Hall–Kier alpha value is -5.88. The molecule has 7 aromatic heterocycles. The lowest BCUT2D eigenvalue weighted by Crippen LogP contribution is -2.26. The van der Waals surface area contributed by atoms with Crippen LogP contribution >= 0.6 is 61.3 Å². The number of pyridine rings is 3. The fourth-order valence-corrected chi connectivity index (χ4v) is 11.8. The van der Waals surface area contributed by atoms with Gasteiger partial charge in [0.25, 0.3) is 17.7 Å². The molecule has 16 nitrogen and oxygen atoms in total. The van der Waals surface area contributed by atoms with Gasteiger partial charge >= 0.3 is 5.97 Å². The quantitative estimate of drug-likeness (QED) is 0.0972. The van der Waals surface area contributed by atoms with Crippen molar-refractivity contribution in [3.8, 4) is 32.1 Å². The standard InChI is InChI=1S/C19H19N5O3S2.C11H8BrN3OS.C7H8O2S.C6H5NOS/c1-3-24(2)29(26,27)13-4-5-15(21-10-13)11-6-14(18(20)22-8-11)16-7-12-9-23-19(25)17(12)28-16;12-6-2-7(10(13)14-4-6)8-1-5-3-15-11(16)9(5)17-8;1-5-3-4-10-6(5)7(8)9-2;8-6-5-4(3-7-6)1-2-9-5/h4-8,10H,3,9H2,1-2H3,(H2,20,22)(H,23,25);1-2,4H,3H2,(H2,13,14)(H,15,16);3-4H,1-2H3;1-2H,3H2,(H,7,8). The molecule has 7 aromatic rings. The highest BCUT2D eigenvalue weighted by molar-refractivity contribution is 9.10. The molecule has 0 atom stereocenters. The smallest absolute Gasteiger partial charge is 0.348 e. The van der Waals surface area contributed by atoms with Crippen LogP contribution in [0.25, 0.3) is 32.1 Å². The van der Waals surface area contributed by atoms with Gasteiger partial charge in [-0.1, -0.05) is 6.92 Å². The number of aryl methyl sites for hydroxylation is 1. The van der Waals surface area contributed by atoms with E-state index in [2.05, 4.69) is 51.6 Å². The zero-order valence-corrected chi connectivity index (χ0v) is 40.7. The van der Waals surface area contributed by atoms with E-state index in [0.717, 1.165) is 63.9 Å². The number of ether oxygens (including phenoxy) is 1. The lowest BCUT2D eigenvalue weighted by atomic mass is 10.1. The number of nitrogens with two attached hydrogens (primary N) is 2. The largest absolute Gasteiger partial charge is 0.465 e. The number of hydrogen-bond acceptors (Lipinski definition) is 16. The number of nitrogens with one attached hydrogen (secondary N) is 3. The van der Waals surface area contributed by atoms with E-state index in [-0.39, 0.29) is 28.6 Å². The van der Waals surface area contributed by atoms with Crippen molar-refractivity contribution in [2.24, 2.45) is 0 Å². The number of aromatic nitrogens is 3. The third kappa shape index (κ3) is 10.3. The molecule has 0 unspecified atom stereocenters. The summed E-state index contributed by atoms with van der Waals surface area (Å²) in [5.41, 5.74) is 18.9. The molecule has 0 aliphatic carbocycles. The van der Waals surface area contributed by atoms with Crippen LogP contribution in [0.2, 0.25) is 0 Å². The number of thiophene rings is 4. The second-order valence-corrected chi connectivity index (χ2v) is 21.1. The first-order chi connectivity index (χ1) is 31.1. The molecule has 3 aliphatic rings. The number of sulfonamides is 1. The molecule has 0 bridgehead atoms. The number of nitrogen functional groups attached to an aromatic ring is 2. The van der Waals surface area contributed by atoms with Crippen molar-refractivity contribution in [2.45, 2.75) is 38.4 Å². The van der Waals surface area contributed by atoms with Crippen LogP contribution in [0.4, 0.5) is 11.6 Å². The normalized spacial score (nSPS) is 13.2. The Balaban J connectivity index is 0.000000146. The van der Waals surface area contributed by atoms with Crippen molar-refractivity contribution in [3.05, 3.63) is 124 Å². The van der Waals surface area contributed by atoms with Crippen LogP contribution < -0.4 is 27.4 Å². The second kappa shape index (κ2) is 20.1. The molecular weight excluding hydrogens is 995 g/mol. The molecular formula is C43H40BrN9O7S5. The SMILES string of the molecule is CCN(C)S(=O)(=O)c1ccc(-c2cnc(N)c(-c3cc4c(s3)C(=O)NC4)c2)nc1.COC(=O)c1sccc1C.Nc1ncc(Br)cc1-c1cc2c(s1)C(=O)NC2.O=C1NCc2ccsc21. The maximum Gasteiger partial charge on any atom is 0.348 e. The van der Waals surface area contributed by atoms with Gasteiger partial charge in [-0.05, 0) is 104 Å². The van der Waals surface area contributed by atoms with E-state index >= 15 is 0 Å². The van der Waals surface area contributed by atoms with E-state index in [4.69, 9.17) is 11.5 Å². The summed E-state index contributed by atoms with van der Waals surface area (Å²) in [5, 5.41) is 12.1. The van der Waals surface area contributed by atoms with Gasteiger partial charge in [-0.3, -0.25) is 19.4 Å². The van der Waals surface area contributed by atoms with Gasteiger partial charge in [0.15, 0.2) is 0 Å². The number of amides is 3. The summed E-state index contributed by atoms with van der Waals surface area (Å²) in [4.78, 5) is 62.8. The van der Waals surface area contributed by atoms with Crippen molar-refractivity contribution >= 4 is 107 Å². The Kier molecular flexibility index (Phi) is 14.6. The first-order valence-corrected chi connectivity index (χ1v) is 25.1. The van der Waals surface area contributed by atoms with Gasteiger partial charge in [-0.15, -0.1) is 45.3 Å². The second-order valence-electron chi connectivity index (χ2n) is 14.2. The van der Waals surface area contributed by atoms with Crippen molar-refractivity contribution in [2.75, 3.05) is 32.2 Å². The highest BCUT2D eigenvalue weighted by Gasteiger charge is 2.26. The van der Waals surface area contributed by atoms with Crippen LogP contribution in [0, 0.1) is 6.92 Å². The van der Waals surface area contributed by atoms with E-state index in [1.165, 1.54) is 76.1 Å². The summed E-state index contributed by atoms with van der Waals surface area (Å²) < 4.78 is 31.5. The van der Waals surface area contributed by atoms with Gasteiger partial charge < -0.3 is 32.2 Å². The van der Waals surface area contributed by atoms with E-state index in [9.17, 15) is 27.6 Å². The minimum atomic E-state index is -3.55. The van der Waals surface area contributed by atoms with Crippen LogP contribution in [0.15, 0.2) is 87.2 Å². The predicted octanol–water partition coefficient (Wildman–Crippen LogP) is 7.57. The molecule has 0 aromatic carbocycles. The Labute approximate surface area is 398 Å². The minimum absolute atomic E-state index is 0.00206. The van der Waals surface area contributed by atoms with Crippen molar-refractivity contribution < 1.29 is 32.3 Å². The topological polar surface area (TPSA) is 242 Å². The number of esters is 1.